The molecular formula is C10H13BrClFN2O2. The van der Waals surface area contributed by atoms with E-state index in [1.165, 1.54) is 18.2 Å². The molecule has 17 heavy (non-hydrogen) atoms. The zero-order valence-electron chi connectivity index (χ0n) is 8.91. The van der Waals surface area contributed by atoms with Gasteiger partial charge in [-0.2, -0.15) is 0 Å². The van der Waals surface area contributed by atoms with Crippen LogP contribution in [0.3, 0.4) is 0 Å². The first-order chi connectivity index (χ1) is 7.63. The van der Waals surface area contributed by atoms with Crippen molar-refractivity contribution in [3.63, 3.8) is 0 Å². The molecule has 0 fully saturated rings. The molecule has 3 N–H and O–H groups in total. The quantitative estimate of drug-likeness (QED) is 0.860. The van der Waals surface area contributed by atoms with Gasteiger partial charge in [-0.15, -0.1) is 12.4 Å². The highest BCUT2D eigenvalue weighted by molar-refractivity contribution is 9.10. The molecule has 1 aromatic carbocycles. The van der Waals surface area contributed by atoms with Crippen molar-refractivity contribution in [2.24, 2.45) is 5.73 Å². The molecule has 0 atom stereocenters. The normalized spacial score (nSPS) is 9.35. The van der Waals surface area contributed by atoms with Crippen LogP contribution in [-0.4, -0.2) is 25.6 Å². The van der Waals surface area contributed by atoms with Crippen LogP contribution in [0.15, 0.2) is 22.7 Å². The van der Waals surface area contributed by atoms with Crippen molar-refractivity contribution in [2.45, 2.75) is 0 Å². The summed E-state index contributed by atoms with van der Waals surface area (Å²) < 4.78 is 18.4. The number of halogens is 3. The minimum Gasteiger partial charge on any atom is -0.483 e. The molecule has 0 saturated carbocycles. The lowest BCUT2D eigenvalue weighted by Crippen LogP contribution is -2.32. The van der Waals surface area contributed by atoms with Crippen LogP contribution >= 0.6 is 28.3 Å². The van der Waals surface area contributed by atoms with Gasteiger partial charge in [0.15, 0.2) is 6.61 Å². The molecule has 1 aromatic rings. The first-order valence-electron chi connectivity index (χ1n) is 4.68. The molecule has 0 spiro atoms. The summed E-state index contributed by atoms with van der Waals surface area (Å²) in [4.78, 5) is 11.2. The molecular weight excluding hydrogens is 314 g/mol. The smallest absolute Gasteiger partial charge is 0.257 e. The van der Waals surface area contributed by atoms with E-state index in [9.17, 15) is 9.18 Å². The lowest BCUT2D eigenvalue weighted by atomic mass is 10.3. The van der Waals surface area contributed by atoms with Crippen LogP contribution in [0.4, 0.5) is 4.39 Å². The van der Waals surface area contributed by atoms with Gasteiger partial charge in [-0.25, -0.2) is 4.39 Å². The van der Waals surface area contributed by atoms with E-state index in [2.05, 4.69) is 21.2 Å². The highest BCUT2D eigenvalue weighted by Crippen LogP contribution is 2.25. The van der Waals surface area contributed by atoms with Crippen LogP contribution in [0.1, 0.15) is 0 Å². The summed E-state index contributed by atoms with van der Waals surface area (Å²) in [6.07, 6.45) is 0. The molecule has 0 radical (unpaired) electrons. The maximum atomic E-state index is 12.7. The van der Waals surface area contributed by atoms with E-state index in [4.69, 9.17) is 10.5 Å². The molecule has 4 nitrogen and oxygen atoms in total. The monoisotopic (exact) mass is 326 g/mol. The average Bonchev–Trinajstić information content (AvgIpc) is 2.25. The van der Waals surface area contributed by atoms with Gasteiger partial charge in [0.1, 0.15) is 11.6 Å². The van der Waals surface area contributed by atoms with Gasteiger partial charge in [-0.05, 0) is 34.1 Å². The molecule has 1 amide bonds. The van der Waals surface area contributed by atoms with Crippen LogP contribution < -0.4 is 15.8 Å². The van der Waals surface area contributed by atoms with Crippen molar-refractivity contribution < 1.29 is 13.9 Å². The fourth-order valence-electron chi connectivity index (χ4n) is 0.998. The number of ether oxygens (including phenoxy) is 1. The summed E-state index contributed by atoms with van der Waals surface area (Å²) >= 11 is 3.13. The van der Waals surface area contributed by atoms with E-state index in [0.29, 0.717) is 23.3 Å². The largest absolute Gasteiger partial charge is 0.483 e. The van der Waals surface area contributed by atoms with Gasteiger partial charge in [0, 0.05) is 13.1 Å². The van der Waals surface area contributed by atoms with Gasteiger partial charge >= 0.3 is 0 Å². The molecule has 0 unspecified atom stereocenters. The van der Waals surface area contributed by atoms with Crippen molar-refractivity contribution in [3.05, 3.63) is 28.5 Å². The molecule has 0 heterocycles. The van der Waals surface area contributed by atoms with E-state index >= 15 is 0 Å². The second kappa shape index (κ2) is 8.27. The summed E-state index contributed by atoms with van der Waals surface area (Å²) in [5, 5.41) is 2.56. The summed E-state index contributed by atoms with van der Waals surface area (Å²) in [5.74, 6) is -0.210. The Bertz CT molecular complexity index is 379. The fraction of sp³-hybridized carbons (Fsp3) is 0.300. The lowest BCUT2D eigenvalue weighted by molar-refractivity contribution is -0.123. The second-order valence-corrected chi connectivity index (χ2v) is 3.86. The van der Waals surface area contributed by atoms with Crippen LogP contribution in [0, 0.1) is 5.82 Å². The summed E-state index contributed by atoms with van der Waals surface area (Å²) in [5.41, 5.74) is 5.22. The number of carbonyl (C=O) groups excluding carboxylic acids is 1. The van der Waals surface area contributed by atoms with E-state index in [1.54, 1.807) is 0 Å². The third kappa shape index (κ3) is 5.86. The van der Waals surface area contributed by atoms with Gasteiger partial charge in [-0.3, -0.25) is 4.79 Å². The number of hydrogen-bond donors (Lipinski definition) is 2. The van der Waals surface area contributed by atoms with Gasteiger partial charge in [-0.1, -0.05) is 0 Å². The summed E-state index contributed by atoms with van der Waals surface area (Å²) in [7, 11) is 0. The topological polar surface area (TPSA) is 64.3 Å². The average molecular weight is 328 g/mol. The maximum Gasteiger partial charge on any atom is 0.257 e. The number of rotatable bonds is 5. The molecule has 7 heteroatoms. The number of carbonyl (C=O) groups is 1. The van der Waals surface area contributed by atoms with Crippen molar-refractivity contribution >= 4 is 34.2 Å². The Morgan fingerprint density at radius 1 is 1.53 bits per heavy atom. The molecule has 0 saturated heterocycles. The Balaban J connectivity index is 0.00000256. The fourth-order valence-corrected chi connectivity index (χ4v) is 1.46. The molecule has 0 aliphatic heterocycles. The summed E-state index contributed by atoms with van der Waals surface area (Å²) in [6.45, 7) is 0.670. The van der Waals surface area contributed by atoms with E-state index < -0.39 is 0 Å². The van der Waals surface area contributed by atoms with Gasteiger partial charge in [0.05, 0.1) is 4.47 Å². The number of nitrogens with two attached hydrogens (primary N) is 1. The predicted molar refractivity (Wildman–Crippen MR) is 68.9 cm³/mol. The number of nitrogens with one attached hydrogen (secondary N) is 1. The van der Waals surface area contributed by atoms with Crippen LogP contribution in [-0.2, 0) is 4.79 Å². The Hall–Kier alpha value is -0.850. The zero-order valence-corrected chi connectivity index (χ0v) is 11.3. The Morgan fingerprint density at radius 3 is 2.82 bits per heavy atom. The van der Waals surface area contributed by atoms with Gasteiger partial charge in [0.25, 0.3) is 5.91 Å². The molecule has 0 aromatic heterocycles. The van der Waals surface area contributed by atoms with Crippen molar-refractivity contribution in [1.82, 2.24) is 5.32 Å². The Morgan fingerprint density at radius 2 is 2.24 bits per heavy atom. The van der Waals surface area contributed by atoms with E-state index in [0.717, 1.165) is 0 Å². The van der Waals surface area contributed by atoms with Gasteiger partial charge in [0.2, 0.25) is 0 Å². The number of hydrogen-bond acceptors (Lipinski definition) is 3. The first kappa shape index (κ1) is 16.1. The molecule has 96 valence electrons. The predicted octanol–water partition coefficient (Wildman–Crippen LogP) is 1.46. The highest BCUT2D eigenvalue weighted by Gasteiger charge is 2.05. The van der Waals surface area contributed by atoms with Crippen LogP contribution in [0.2, 0.25) is 0 Å². The second-order valence-electron chi connectivity index (χ2n) is 3.00. The zero-order chi connectivity index (χ0) is 12.0. The highest BCUT2D eigenvalue weighted by atomic mass is 79.9. The van der Waals surface area contributed by atoms with E-state index in [-0.39, 0.29) is 30.7 Å². The lowest BCUT2D eigenvalue weighted by Gasteiger charge is -2.08. The third-order valence-corrected chi connectivity index (χ3v) is 2.34. The van der Waals surface area contributed by atoms with Crippen molar-refractivity contribution in [1.29, 1.82) is 0 Å². The standard InChI is InChI=1S/C10H12BrFN2O2.ClH/c11-8-5-7(12)1-2-9(8)16-6-10(15)14-4-3-13;/h1-2,5H,3-4,6,13H2,(H,14,15);1H. The maximum absolute atomic E-state index is 12.7. The number of amides is 1. The molecule has 0 aliphatic carbocycles. The molecule has 0 aliphatic rings. The van der Waals surface area contributed by atoms with Crippen LogP contribution in [0.25, 0.3) is 0 Å². The van der Waals surface area contributed by atoms with Crippen molar-refractivity contribution in [2.75, 3.05) is 19.7 Å². The third-order valence-electron chi connectivity index (χ3n) is 1.72. The molecule has 0 bridgehead atoms. The SMILES string of the molecule is Cl.NCCNC(=O)COc1ccc(F)cc1Br. The minimum atomic E-state index is -0.369. The Kier molecular flexibility index (Phi) is 7.86. The number of benzene rings is 1. The Labute approximate surface area is 113 Å². The minimum absolute atomic E-state index is 0. The first-order valence-corrected chi connectivity index (χ1v) is 5.47. The molecule has 1 rings (SSSR count). The van der Waals surface area contributed by atoms with E-state index in [1.807, 2.05) is 0 Å². The summed E-state index contributed by atoms with van der Waals surface area (Å²) in [6, 6.07) is 3.99. The van der Waals surface area contributed by atoms with Gasteiger partial charge < -0.3 is 15.8 Å². The van der Waals surface area contributed by atoms with Crippen molar-refractivity contribution in [3.8, 4) is 5.75 Å². The van der Waals surface area contributed by atoms with Crippen LogP contribution in [0.5, 0.6) is 5.75 Å².